The molecular weight excluding hydrogens is 348 g/mol. The molecule has 146 valence electrons. The zero-order valence-electron chi connectivity index (χ0n) is 15.3. The van der Waals surface area contributed by atoms with Gasteiger partial charge in [-0.05, 0) is 11.6 Å². The Morgan fingerprint density at radius 3 is 2.52 bits per heavy atom. The van der Waals surface area contributed by atoms with Crippen LogP contribution < -0.4 is 5.73 Å². The number of hydrogen-bond donors (Lipinski definition) is 2. The van der Waals surface area contributed by atoms with Gasteiger partial charge in [-0.25, -0.2) is 0 Å². The van der Waals surface area contributed by atoms with Gasteiger partial charge >= 0.3 is 5.97 Å². The quantitative estimate of drug-likeness (QED) is 0.405. The van der Waals surface area contributed by atoms with Gasteiger partial charge in [-0.15, -0.1) is 6.42 Å². The first kappa shape index (κ1) is 20.9. The first-order valence-electron chi connectivity index (χ1n) is 8.85. The second-order valence-corrected chi connectivity index (χ2v) is 6.00. The standard InChI is InChI=1S/C20H26N2O5/c1-2-8-25-10-12-27-13-11-26-9-7-22-15-16(14-18(21)20(23)24)17-5-3-4-6-19(17)22/h1,3-6,15,18H,7-14,21H2,(H,23,24)/t18-/m0/s1. The Kier molecular flexibility index (Phi) is 8.81. The third-order valence-electron chi connectivity index (χ3n) is 4.03. The average molecular weight is 374 g/mol. The number of hydrogen-bond acceptors (Lipinski definition) is 5. The number of rotatable bonds is 13. The maximum Gasteiger partial charge on any atom is 0.320 e. The summed E-state index contributed by atoms with van der Waals surface area (Å²) >= 11 is 0. The monoisotopic (exact) mass is 374 g/mol. The van der Waals surface area contributed by atoms with Crippen molar-refractivity contribution < 1.29 is 24.1 Å². The van der Waals surface area contributed by atoms with E-state index >= 15 is 0 Å². The molecule has 0 unspecified atom stereocenters. The highest BCUT2D eigenvalue weighted by Gasteiger charge is 2.16. The molecule has 0 amide bonds. The predicted molar refractivity (Wildman–Crippen MR) is 103 cm³/mol. The van der Waals surface area contributed by atoms with E-state index in [-0.39, 0.29) is 0 Å². The van der Waals surface area contributed by atoms with Crippen LogP contribution in [0.2, 0.25) is 0 Å². The Morgan fingerprint density at radius 2 is 1.81 bits per heavy atom. The third kappa shape index (κ3) is 6.70. The molecule has 1 aromatic heterocycles. The Bertz CT molecular complexity index is 765. The van der Waals surface area contributed by atoms with Gasteiger partial charge in [-0.1, -0.05) is 24.1 Å². The van der Waals surface area contributed by atoms with Gasteiger partial charge in [-0.3, -0.25) is 4.79 Å². The number of benzene rings is 1. The van der Waals surface area contributed by atoms with Crippen molar-refractivity contribution in [2.75, 3.05) is 39.6 Å². The number of aliphatic carboxylic acids is 1. The lowest BCUT2D eigenvalue weighted by molar-refractivity contribution is -0.138. The molecule has 0 saturated heterocycles. The highest BCUT2D eigenvalue weighted by atomic mass is 16.5. The van der Waals surface area contributed by atoms with Gasteiger partial charge in [0.25, 0.3) is 0 Å². The van der Waals surface area contributed by atoms with Gasteiger partial charge in [0, 0.05) is 30.1 Å². The topological polar surface area (TPSA) is 95.9 Å². The molecule has 2 rings (SSSR count). The number of nitrogens with two attached hydrogens (primary N) is 1. The number of carboxylic acids is 1. The van der Waals surface area contributed by atoms with E-state index in [1.807, 2.05) is 30.5 Å². The minimum absolute atomic E-state index is 0.291. The van der Waals surface area contributed by atoms with E-state index < -0.39 is 12.0 Å². The summed E-state index contributed by atoms with van der Waals surface area (Å²) in [5.74, 6) is 1.39. The van der Waals surface area contributed by atoms with E-state index in [0.29, 0.717) is 52.6 Å². The zero-order chi connectivity index (χ0) is 19.5. The number of carboxylic acid groups (broad SMARTS) is 1. The molecule has 1 heterocycles. The largest absolute Gasteiger partial charge is 0.480 e. The molecule has 0 fully saturated rings. The highest BCUT2D eigenvalue weighted by molar-refractivity contribution is 5.85. The SMILES string of the molecule is C#CCOCCOCCOCCn1cc(C[C@H](N)C(=O)O)c2ccccc21. The van der Waals surface area contributed by atoms with E-state index in [2.05, 4.69) is 10.5 Å². The van der Waals surface area contributed by atoms with Crippen LogP contribution in [0.4, 0.5) is 0 Å². The van der Waals surface area contributed by atoms with Gasteiger partial charge in [0.05, 0.1) is 33.0 Å². The maximum atomic E-state index is 11.0. The normalized spacial score (nSPS) is 12.1. The summed E-state index contributed by atoms with van der Waals surface area (Å²) in [4.78, 5) is 11.0. The van der Waals surface area contributed by atoms with Crippen LogP contribution in [0.25, 0.3) is 10.9 Å². The molecule has 1 atom stereocenters. The molecule has 27 heavy (non-hydrogen) atoms. The van der Waals surface area contributed by atoms with Gasteiger partial charge in [0.1, 0.15) is 12.6 Å². The minimum Gasteiger partial charge on any atom is -0.480 e. The Labute approximate surface area is 159 Å². The number of ether oxygens (including phenoxy) is 3. The molecule has 0 radical (unpaired) electrons. The molecule has 7 nitrogen and oxygen atoms in total. The summed E-state index contributed by atoms with van der Waals surface area (Å²) < 4.78 is 18.1. The van der Waals surface area contributed by atoms with Crippen LogP contribution in [0.1, 0.15) is 5.56 Å². The highest BCUT2D eigenvalue weighted by Crippen LogP contribution is 2.22. The summed E-state index contributed by atoms with van der Waals surface area (Å²) in [6.45, 7) is 3.43. The van der Waals surface area contributed by atoms with Gasteiger partial charge in [0.2, 0.25) is 0 Å². The Hall–Kier alpha value is -2.37. The number of fused-ring (bicyclic) bond motifs is 1. The Morgan fingerprint density at radius 1 is 1.15 bits per heavy atom. The molecule has 0 bridgehead atoms. The van der Waals surface area contributed by atoms with E-state index in [0.717, 1.165) is 16.5 Å². The second-order valence-electron chi connectivity index (χ2n) is 6.00. The van der Waals surface area contributed by atoms with Crippen LogP contribution in [0.15, 0.2) is 30.5 Å². The molecule has 1 aromatic carbocycles. The average Bonchev–Trinajstić information content (AvgIpc) is 3.01. The molecule has 0 saturated carbocycles. The molecule has 0 spiro atoms. The number of carbonyl (C=O) groups is 1. The van der Waals surface area contributed by atoms with Crippen molar-refractivity contribution in [1.29, 1.82) is 0 Å². The number of terminal acetylenes is 1. The van der Waals surface area contributed by atoms with Gasteiger partial charge in [0.15, 0.2) is 0 Å². The summed E-state index contributed by atoms with van der Waals surface area (Å²) in [7, 11) is 0. The van der Waals surface area contributed by atoms with E-state index in [4.69, 9.17) is 31.5 Å². The number of nitrogens with zero attached hydrogens (tertiary/aromatic N) is 1. The Balaban J connectivity index is 1.78. The first-order valence-corrected chi connectivity index (χ1v) is 8.85. The summed E-state index contributed by atoms with van der Waals surface area (Å²) in [5.41, 5.74) is 7.65. The molecule has 7 heteroatoms. The summed E-state index contributed by atoms with van der Waals surface area (Å²) in [6, 6.07) is 6.96. The zero-order valence-corrected chi connectivity index (χ0v) is 15.3. The number of aromatic nitrogens is 1. The van der Waals surface area contributed by atoms with Crippen molar-refractivity contribution in [3.05, 3.63) is 36.0 Å². The fourth-order valence-electron chi connectivity index (χ4n) is 2.73. The maximum absolute atomic E-state index is 11.0. The lowest BCUT2D eigenvalue weighted by Crippen LogP contribution is -2.32. The second kappa shape index (κ2) is 11.4. The van der Waals surface area contributed by atoms with Crippen LogP contribution in [0.3, 0.4) is 0 Å². The summed E-state index contributed by atoms with van der Waals surface area (Å²) in [6.07, 6.45) is 7.32. The smallest absolute Gasteiger partial charge is 0.320 e. The molecule has 0 aliphatic carbocycles. The summed E-state index contributed by atoms with van der Waals surface area (Å²) in [5, 5.41) is 10.1. The first-order chi connectivity index (χ1) is 13.1. The van der Waals surface area contributed by atoms with Crippen LogP contribution in [0.5, 0.6) is 0 Å². The van der Waals surface area contributed by atoms with Crippen molar-refractivity contribution in [3.8, 4) is 12.3 Å². The van der Waals surface area contributed by atoms with Crippen molar-refractivity contribution in [3.63, 3.8) is 0 Å². The predicted octanol–water partition coefficient (Wildman–Crippen LogP) is 1.28. The minimum atomic E-state index is -1.00. The van der Waals surface area contributed by atoms with E-state index in [1.165, 1.54) is 0 Å². The van der Waals surface area contributed by atoms with Gasteiger partial charge < -0.3 is 29.6 Å². The molecule has 2 aromatic rings. The third-order valence-corrected chi connectivity index (χ3v) is 4.03. The van der Waals surface area contributed by atoms with Crippen molar-refractivity contribution >= 4 is 16.9 Å². The van der Waals surface area contributed by atoms with Crippen LogP contribution in [0, 0.1) is 12.3 Å². The van der Waals surface area contributed by atoms with E-state index in [1.54, 1.807) is 0 Å². The van der Waals surface area contributed by atoms with Crippen molar-refractivity contribution in [2.24, 2.45) is 5.73 Å². The van der Waals surface area contributed by atoms with Crippen molar-refractivity contribution in [1.82, 2.24) is 4.57 Å². The fourth-order valence-corrected chi connectivity index (χ4v) is 2.73. The molecular formula is C20H26N2O5. The van der Waals surface area contributed by atoms with Crippen LogP contribution in [-0.4, -0.2) is 61.3 Å². The van der Waals surface area contributed by atoms with Crippen LogP contribution >= 0.6 is 0 Å². The molecule has 0 aliphatic heterocycles. The van der Waals surface area contributed by atoms with E-state index in [9.17, 15) is 4.79 Å². The lowest BCUT2D eigenvalue weighted by atomic mass is 10.1. The number of para-hydroxylation sites is 1. The van der Waals surface area contributed by atoms with Gasteiger partial charge in [-0.2, -0.15) is 0 Å². The molecule has 0 aliphatic rings. The lowest BCUT2D eigenvalue weighted by Gasteiger charge is -2.08. The van der Waals surface area contributed by atoms with Crippen LogP contribution in [-0.2, 0) is 32.0 Å². The fraction of sp³-hybridized carbons (Fsp3) is 0.450. The molecule has 3 N–H and O–H groups in total. The van der Waals surface area contributed by atoms with Crippen molar-refractivity contribution in [2.45, 2.75) is 19.0 Å².